The third-order valence-corrected chi connectivity index (χ3v) is 2.06. The highest BCUT2D eigenvalue weighted by atomic mass is 19.4. The van der Waals surface area contributed by atoms with E-state index in [1.807, 2.05) is 0 Å². The molecule has 18 heavy (non-hydrogen) atoms. The highest BCUT2D eigenvalue weighted by Crippen LogP contribution is 2.36. The van der Waals surface area contributed by atoms with Crippen LogP contribution in [0.3, 0.4) is 0 Å². The predicted molar refractivity (Wildman–Crippen MR) is 49.3 cm³/mol. The fraction of sp³-hybridized carbons (Fsp3) is 0.200. The molecule has 0 fully saturated rings. The fourth-order valence-corrected chi connectivity index (χ4v) is 1.25. The molecule has 0 unspecified atom stereocenters. The molecule has 0 saturated heterocycles. The molecule has 0 aliphatic heterocycles. The summed E-state index contributed by atoms with van der Waals surface area (Å²) in [6, 6.07) is 0.624. The smallest absolute Gasteiger partial charge is 0.350 e. The summed E-state index contributed by atoms with van der Waals surface area (Å²) in [6.45, 7) is 0. The molecule has 1 N–H and O–H groups in total. The van der Waals surface area contributed by atoms with Crippen LogP contribution in [-0.4, -0.2) is 5.91 Å². The van der Waals surface area contributed by atoms with Gasteiger partial charge in [-0.3, -0.25) is 4.79 Å². The van der Waals surface area contributed by atoms with Crippen LogP contribution in [0.25, 0.3) is 0 Å². The molecule has 1 rings (SSSR count). The minimum Gasteiger partial charge on any atom is -0.350 e. The summed E-state index contributed by atoms with van der Waals surface area (Å²) in [6.07, 6.45) is -9.76. The zero-order valence-corrected chi connectivity index (χ0v) is 8.62. The quantitative estimate of drug-likeness (QED) is 0.780. The molecule has 99 valence electrons. The van der Waals surface area contributed by atoms with E-state index in [4.69, 9.17) is 0 Å². The predicted octanol–water partition coefficient (Wildman–Crippen LogP) is 3.25. The first-order chi connectivity index (χ1) is 8.07. The van der Waals surface area contributed by atoms with Gasteiger partial charge in [0.05, 0.1) is 16.7 Å². The van der Waals surface area contributed by atoms with Crippen molar-refractivity contribution in [2.24, 2.45) is 0 Å². The van der Waals surface area contributed by atoms with E-state index >= 15 is 0 Å². The van der Waals surface area contributed by atoms with Crippen LogP contribution in [0, 0.1) is 7.05 Å². The van der Waals surface area contributed by atoms with Gasteiger partial charge >= 0.3 is 12.4 Å². The number of carbonyl (C=O) groups is 1. The van der Waals surface area contributed by atoms with E-state index in [9.17, 15) is 31.1 Å². The average Bonchev–Trinajstić information content (AvgIpc) is 2.24. The van der Waals surface area contributed by atoms with Crippen molar-refractivity contribution < 1.29 is 31.1 Å². The van der Waals surface area contributed by atoms with Crippen molar-refractivity contribution in [1.29, 1.82) is 0 Å². The van der Waals surface area contributed by atoms with Gasteiger partial charge in [0.2, 0.25) is 0 Å². The zero-order valence-electron chi connectivity index (χ0n) is 8.62. The molecular formula is C10H6F6NO. The first-order valence-electron chi connectivity index (χ1n) is 4.43. The molecule has 0 bridgehead atoms. The Kier molecular flexibility index (Phi) is 3.59. The Morgan fingerprint density at radius 3 is 2.00 bits per heavy atom. The van der Waals surface area contributed by atoms with Crippen molar-refractivity contribution in [3.63, 3.8) is 0 Å². The third kappa shape index (κ3) is 2.93. The highest BCUT2D eigenvalue weighted by molar-refractivity contribution is 5.96. The SMILES string of the molecule is [CH2]NC(=O)c1cc(C(F)(F)F)ccc1C(F)(F)F. The second kappa shape index (κ2) is 4.51. The number of alkyl halides is 6. The molecule has 0 spiro atoms. The van der Waals surface area contributed by atoms with E-state index in [0.29, 0.717) is 0 Å². The first kappa shape index (κ1) is 14.3. The van der Waals surface area contributed by atoms with Crippen molar-refractivity contribution in [3.8, 4) is 0 Å². The van der Waals surface area contributed by atoms with E-state index in [0.717, 1.165) is 0 Å². The maximum atomic E-state index is 12.5. The van der Waals surface area contributed by atoms with Crippen molar-refractivity contribution in [2.45, 2.75) is 12.4 Å². The van der Waals surface area contributed by atoms with Crippen LogP contribution in [0.15, 0.2) is 18.2 Å². The zero-order chi connectivity index (χ0) is 14.1. The van der Waals surface area contributed by atoms with Crippen LogP contribution in [0.5, 0.6) is 0 Å². The lowest BCUT2D eigenvalue weighted by Gasteiger charge is -2.14. The van der Waals surface area contributed by atoms with Gasteiger partial charge in [0.1, 0.15) is 0 Å². The second-order valence-electron chi connectivity index (χ2n) is 3.26. The second-order valence-corrected chi connectivity index (χ2v) is 3.26. The molecule has 2 nitrogen and oxygen atoms in total. The Balaban J connectivity index is 3.44. The molecule has 0 aliphatic carbocycles. The lowest BCUT2D eigenvalue weighted by Crippen LogP contribution is -2.22. The Morgan fingerprint density at radius 1 is 1.06 bits per heavy atom. The summed E-state index contributed by atoms with van der Waals surface area (Å²) < 4.78 is 74.5. The summed E-state index contributed by atoms with van der Waals surface area (Å²) >= 11 is 0. The summed E-state index contributed by atoms with van der Waals surface area (Å²) in [5.74, 6) is -1.34. The lowest BCUT2D eigenvalue weighted by molar-refractivity contribution is -0.141. The van der Waals surface area contributed by atoms with E-state index in [-0.39, 0.29) is 18.2 Å². The molecule has 0 heterocycles. The minimum absolute atomic E-state index is 0.142. The summed E-state index contributed by atoms with van der Waals surface area (Å²) in [5, 5.41) is 1.62. The largest absolute Gasteiger partial charge is 0.417 e. The van der Waals surface area contributed by atoms with Crippen molar-refractivity contribution >= 4 is 5.91 Å². The standard InChI is InChI=1S/C10H6F6NO/c1-17-8(18)6-4-5(9(11,12)13)2-3-7(6)10(14,15)16/h2-4H,1H2,(H,17,18). The van der Waals surface area contributed by atoms with Gasteiger partial charge < -0.3 is 5.32 Å². The maximum absolute atomic E-state index is 12.5. The molecule has 1 radical (unpaired) electrons. The van der Waals surface area contributed by atoms with Gasteiger partial charge in [-0.05, 0) is 18.2 Å². The number of rotatable bonds is 1. The number of amides is 1. The van der Waals surface area contributed by atoms with E-state index < -0.39 is 35.0 Å². The highest BCUT2D eigenvalue weighted by Gasteiger charge is 2.38. The van der Waals surface area contributed by atoms with Crippen molar-refractivity contribution in [1.82, 2.24) is 5.32 Å². The van der Waals surface area contributed by atoms with Crippen LogP contribution in [0.4, 0.5) is 26.3 Å². The van der Waals surface area contributed by atoms with Crippen LogP contribution in [-0.2, 0) is 12.4 Å². The van der Waals surface area contributed by atoms with Crippen LogP contribution in [0.1, 0.15) is 21.5 Å². The van der Waals surface area contributed by atoms with E-state index in [2.05, 4.69) is 7.05 Å². The first-order valence-corrected chi connectivity index (χ1v) is 4.43. The third-order valence-electron chi connectivity index (χ3n) is 2.06. The van der Waals surface area contributed by atoms with Crippen LogP contribution in [0.2, 0.25) is 0 Å². The Bertz CT molecular complexity index is 462. The van der Waals surface area contributed by atoms with Gasteiger partial charge in [0.25, 0.3) is 5.91 Å². The molecular weight excluding hydrogens is 264 g/mol. The number of carbonyl (C=O) groups excluding carboxylic acids is 1. The number of hydrogen-bond acceptors (Lipinski definition) is 1. The number of benzene rings is 1. The topological polar surface area (TPSA) is 29.1 Å². The molecule has 1 aromatic carbocycles. The molecule has 0 saturated carbocycles. The average molecular weight is 270 g/mol. The van der Waals surface area contributed by atoms with E-state index in [1.54, 1.807) is 5.32 Å². The lowest BCUT2D eigenvalue weighted by atomic mass is 10.0. The summed E-state index contributed by atoms with van der Waals surface area (Å²) in [5.41, 5.74) is -3.90. The van der Waals surface area contributed by atoms with Crippen LogP contribution < -0.4 is 5.32 Å². The maximum Gasteiger partial charge on any atom is 0.417 e. The number of halogens is 6. The van der Waals surface area contributed by atoms with Gasteiger partial charge in [0, 0.05) is 7.05 Å². The van der Waals surface area contributed by atoms with Crippen molar-refractivity contribution in [2.75, 3.05) is 0 Å². The Labute approximate surface area is 97.6 Å². The summed E-state index contributed by atoms with van der Waals surface area (Å²) in [7, 11) is 2.83. The molecule has 1 amide bonds. The van der Waals surface area contributed by atoms with Gasteiger partial charge in [-0.2, -0.15) is 26.3 Å². The normalized spacial score (nSPS) is 12.4. The minimum atomic E-state index is -4.92. The molecule has 0 aromatic heterocycles. The monoisotopic (exact) mass is 270 g/mol. The number of nitrogens with one attached hydrogen (secondary N) is 1. The van der Waals surface area contributed by atoms with Crippen molar-refractivity contribution in [3.05, 3.63) is 41.9 Å². The van der Waals surface area contributed by atoms with Gasteiger partial charge in [-0.15, -0.1) is 0 Å². The molecule has 0 aliphatic rings. The molecule has 1 aromatic rings. The molecule has 0 atom stereocenters. The fourth-order valence-electron chi connectivity index (χ4n) is 1.25. The molecule has 8 heteroatoms. The van der Waals surface area contributed by atoms with Gasteiger partial charge in [0.15, 0.2) is 0 Å². The Morgan fingerprint density at radius 2 is 1.61 bits per heavy atom. The van der Waals surface area contributed by atoms with Gasteiger partial charge in [-0.25, -0.2) is 0 Å². The summed E-state index contributed by atoms with van der Waals surface area (Å²) in [4.78, 5) is 11.1. The van der Waals surface area contributed by atoms with Gasteiger partial charge in [-0.1, -0.05) is 0 Å². The van der Waals surface area contributed by atoms with Crippen LogP contribution >= 0.6 is 0 Å². The van der Waals surface area contributed by atoms with E-state index in [1.165, 1.54) is 0 Å². The Hall–Kier alpha value is -1.73. The number of hydrogen-bond donors (Lipinski definition) is 1.